The van der Waals surface area contributed by atoms with Gasteiger partial charge in [0.15, 0.2) is 0 Å². The fraction of sp³-hybridized carbons (Fsp3) is 0.692. The summed E-state index contributed by atoms with van der Waals surface area (Å²) in [7, 11) is 0. The molecule has 0 unspecified atom stereocenters. The van der Waals surface area contributed by atoms with Crippen molar-refractivity contribution in [3.63, 3.8) is 0 Å². The monoisotopic (exact) mass is 251 g/mol. The molecule has 0 radical (unpaired) electrons. The third-order valence-electron chi connectivity index (χ3n) is 3.15. The van der Waals surface area contributed by atoms with Crippen molar-refractivity contribution in [2.45, 2.75) is 38.6 Å². The van der Waals surface area contributed by atoms with E-state index in [-0.39, 0.29) is 5.56 Å². The Morgan fingerprint density at radius 3 is 3.00 bits per heavy atom. The summed E-state index contributed by atoms with van der Waals surface area (Å²) in [5, 5.41) is 3.27. The molecule has 0 spiro atoms. The molecule has 0 atom stereocenters. The van der Waals surface area contributed by atoms with Crippen molar-refractivity contribution in [3.8, 4) is 0 Å². The van der Waals surface area contributed by atoms with Gasteiger partial charge in [0, 0.05) is 31.7 Å². The van der Waals surface area contributed by atoms with Crippen LogP contribution in [0.3, 0.4) is 0 Å². The van der Waals surface area contributed by atoms with Crippen molar-refractivity contribution in [1.29, 1.82) is 0 Å². The molecule has 0 aromatic carbocycles. The largest absolute Gasteiger partial charge is 0.381 e. The number of H-pyrrole nitrogens is 1. The minimum Gasteiger partial charge on any atom is -0.381 e. The van der Waals surface area contributed by atoms with Crippen LogP contribution >= 0.6 is 0 Å². The average molecular weight is 251 g/mol. The van der Waals surface area contributed by atoms with Gasteiger partial charge in [-0.15, -0.1) is 0 Å². The van der Waals surface area contributed by atoms with Gasteiger partial charge in [-0.05, 0) is 25.8 Å². The maximum absolute atomic E-state index is 11.6. The van der Waals surface area contributed by atoms with Gasteiger partial charge in [-0.2, -0.15) is 0 Å². The Kier molecular flexibility index (Phi) is 4.90. The topological polar surface area (TPSA) is 67.0 Å². The Morgan fingerprint density at radius 1 is 1.50 bits per heavy atom. The Hall–Kier alpha value is -1.20. The molecule has 1 aromatic rings. The molecule has 1 fully saturated rings. The van der Waals surface area contributed by atoms with Gasteiger partial charge in [0.2, 0.25) is 0 Å². The molecule has 0 bridgehead atoms. The summed E-state index contributed by atoms with van der Waals surface area (Å²) in [6.07, 6.45) is 2.96. The van der Waals surface area contributed by atoms with Gasteiger partial charge in [0.1, 0.15) is 5.82 Å². The minimum absolute atomic E-state index is 0.0557. The van der Waals surface area contributed by atoms with Gasteiger partial charge < -0.3 is 15.0 Å². The molecule has 1 aromatic heterocycles. The highest BCUT2D eigenvalue weighted by Gasteiger charge is 2.18. The van der Waals surface area contributed by atoms with Gasteiger partial charge in [0.25, 0.3) is 5.56 Å². The normalized spacial score (nSPS) is 16.9. The third kappa shape index (κ3) is 3.65. The maximum Gasteiger partial charge on any atom is 0.251 e. The van der Waals surface area contributed by atoms with Crippen LogP contribution in [0.25, 0.3) is 0 Å². The molecule has 0 aliphatic carbocycles. The van der Waals surface area contributed by atoms with E-state index in [0.29, 0.717) is 12.5 Å². The van der Waals surface area contributed by atoms with E-state index in [1.165, 1.54) is 0 Å². The van der Waals surface area contributed by atoms with E-state index < -0.39 is 0 Å². The lowest BCUT2D eigenvalue weighted by Crippen LogP contribution is -2.23. The quantitative estimate of drug-likeness (QED) is 0.771. The first-order valence-electron chi connectivity index (χ1n) is 6.68. The van der Waals surface area contributed by atoms with Gasteiger partial charge >= 0.3 is 0 Å². The van der Waals surface area contributed by atoms with Gasteiger partial charge in [0.05, 0.1) is 5.69 Å². The molecular weight excluding hydrogens is 230 g/mol. The number of hydrogen-bond acceptors (Lipinski definition) is 4. The molecule has 5 nitrogen and oxygen atoms in total. The Balaban J connectivity index is 2.07. The highest BCUT2D eigenvalue weighted by atomic mass is 16.5. The summed E-state index contributed by atoms with van der Waals surface area (Å²) in [6, 6.07) is 1.57. The minimum atomic E-state index is -0.0557. The van der Waals surface area contributed by atoms with E-state index in [2.05, 4.69) is 22.2 Å². The van der Waals surface area contributed by atoms with Crippen LogP contribution in [0.15, 0.2) is 10.9 Å². The van der Waals surface area contributed by atoms with Gasteiger partial charge in [-0.25, -0.2) is 4.98 Å². The summed E-state index contributed by atoms with van der Waals surface area (Å²) >= 11 is 0. The zero-order chi connectivity index (χ0) is 12.8. The lowest BCUT2D eigenvalue weighted by molar-refractivity contribution is 0.0834. The lowest BCUT2D eigenvalue weighted by Gasteiger charge is -2.21. The zero-order valence-corrected chi connectivity index (χ0v) is 10.9. The van der Waals surface area contributed by atoms with E-state index in [0.717, 1.165) is 50.5 Å². The predicted molar refractivity (Wildman–Crippen MR) is 69.6 cm³/mol. The van der Waals surface area contributed by atoms with Crippen molar-refractivity contribution in [3.05, 3.63) is 27.9 Å². The molecule has 2 N–H and O–H groups in total. The van der Waals surface area contributed by atoms with E-state index in [1.807, 2.05) is 0 Å². The van der Waals surface area contributed by atoms with Gasteiger partial charge in [-0.3, -0.25) is 4.79 Å². The summed E-state index contributed by atoms with van der Waals surface area (Å²) < 4.78 is 5.33. The summed E-state index contributed by atoms with van der Waals surface area (Å²) in [6.45, 7) is 5.24. The van der Waals surface area contributed by atoms with Crippen LogP contribution < -0.4 is 10.9 Å². The van der Waals surface area contributed by atoms with Crippen LogP contribution in [0.1, 0.15) is 43.6 Å². The summed E-state index contributed by atoms with van der Waals surface area (Å²) in [4.78, 5) is 19.0. The first-order chi connectivity index (χ1) is 8.79. The second-order valence-corrected chi connectivity index (χ2v) is 4.69. The van der Waals surface area contributed by atoms with Crippen molar-refractivity contribution in [2.75, 3.05) is 19.8 Å². The molecule has 2 heterocycles. The fourth-order valence-corrected chi connectivity index (χ4v) is 2.18. The predicted octanol–water partition coefficient (Wildman–Crippen LogP) is 1.16. The van der Waals surface area contributed by atoms with E-state index >= 15 is 0 Å². The number of nitrogens with one attached hydrogen (secondary N) is 2. The molecule has 0 saturated carbocycles. The number of hydrogen-bond donors (Lipinski definition) is 2. The standard InChI is InChI=1S/C13H21N3O2/c1-2-5-14-9-11-8-12(17)16-13(15-11)10-3-6-18-7-4-10/h8,10,14H,2-7,9H2,1H3,(H,15,16,17). The van der Waals surface area contributed by atoms with Crippen LogP contribution in [0.4, 0.5) is 0 Å². The van der Waals surface area contributed by atoms with Crippen LogP contribution in [0, 0.1) is 0 Å². The van der Waals surface area contributed by atoms with Crippen molar-refractivity contribution < 1.29 is 4.74 Å². The Bertz CT molecular complexity index is 424. The maximum atomic E-state index is 11.6. The number of ether oxygens (including phenoxy) is 1. The van der Waals surface area contributed by atoms with Crippen LogP contribution in [0.5, 0.6) is 0 Å². The highest BCUT2D eigenvalue weighted by molar-refractivity contribution is 5.06. The zero-order valence-electron chi connectivity index (χ0n) is 10.9. The fourth-order valence-electron chi connectivity index (χ4n) is 2.18. The van der Waals surface area contributed by atoms with Crippen molar-refractivity contribution in [2.24, 2.45) is 0 Å². The molecule has 100 valence electrons. The van der Waals surface area contributed by atoms with Gasteiger partial charge in [-0.1, -0.05) is 6.92 Å². The second-order valence-electron chi connectivity index (χ2n) is 4.69. The molecule has 5 heteroatoms. The average Bonchev–Trinajstić information content (AvgIpc) is 2.39. The van der Waals surface area contributed by atoms with E-state index in [4.69, 9.17) is 4.74 Å². The number of aromatic nitrogens is 2. The third-order valence-corrected chi connectivity index (χ3v) is 3.15. The first kappa shape index (κ1) is 13.2. The molecular formula is C13H21N3O2. The van der Waals surface area contributed by atoms with Crippen molar-refractivity contribution >= 4 is 0 Å². The van der Waals surface area contributed by atoms with Crippen molar-refractivity contribution in [1.82, 2.24) is 15.3 Å². The smallest absolute Gasteiger partial charge is 0.251 e. The highest BCUT2D eigenvalue weighted by Crippen LogP contribution is 2.23. The number of aromatic amines is 1. The molecule has 18 heavy (non-hydrogen) atoms. The first-order valence-corrected chi connectivity index (χ1v) is 6.68. The Morgan fingerprint density at radius 2 is 2.28 bits per heavy atom. The SMILES string of the molecule is CCCNCc1cc(=O)[nH]c(C2CCOCC2)n1. The molecule has 1 aliphatic rings. The summed E-state index contributed by atoms with van der Waals surface area (Å²) in [5.41, 5.74) is 0.772. The molecule has 0 amide bonds. The lowest BCUT2D eigenvalue weighted by atomic mass is 9.99. The summed E-state index contributed by atoms with van der Waals surface area (Å²) in [5.74, 6) is 1.15. The second kappa shape index (κ2) is 6.66. The number of rotatable bonds is 5. The van der Waals surface area contributed by atoms with E-state index in [9.17, 15) is 4.79 Å². The Labute approximate surface area is 107 Å². The van der Waals surface area contributed by atoms with Crippen LogP contribution in [0.2, 0.25) is 0 Å². The number of nitrogens with zero attached hydrogens (tertiary/aromatic N) is 1. The van der Waals surface area contributed by atoms with Crippen LogP contribution in [-0.4, -0.2) is 29.7 Å². The molecule has 1 saturated heterocycles. The van der Waals surface area contributed by atoms with Crippen LogP contribution in [-0.2, 0) is 11.3 Å². The molecule has 2 rings (SSSR count). The molecule has 1 aliphatic heterocycles. The van der Waals surface area contributed by atoms with E-state index in [1.54, 1.807) is 6.07 Å².